The Kier molecular flexibility index (Phi) is 5.27. The van der Waals surface area contributed by atoms with Crippen LogP contribution in [-0.2, 0) is 6.42 Å². The fourth-order valence-corrected chi connectivity index (χ4v) is 3.48. The molecular weight excluding hydrogens is 310 g/mol. The minimum absolute atomic E-state index is 0.00311. The van der Waals surface area contributed by atoms with Crippen LogP contribution in [0.25, 0.3) is 0 Å². The zero-order valence-electron chi connectivity index (χ0n) is 15.3. The molecule has 4 nitrogen and oxygen atoms in total. The molecule has 1 aliphatic rings. The maximum atomic E-state index is 12.7. The summed E-state index contributed by atoms with van der Waals surface area (Å²) >= 11 is 0. The molecule has 25 heavy (non-hydrogen) atoms. The molecule has 1 saturated heterocycles. The lowest BCUT2D eigenvalue weighted by Crippen LogP contribution is -2.54. The Morgan fingerprint density at radius 1 is 1.16 bits per heavy atom. The van der Waals surface area contributed by atoms with E-state index in [0.29, 0.717) is 6.04 Å². The van der Waals surface area contributed by atoms with Gasteiger partial charge in [-0.15, -0.1) is 0 Å². The van der Waals surface area contributed by atoms with Crippen LogP contribution in [0.5, 0.6) is 0 Å². The normalized spacial score (nSPS) is 17.5. The molecule has 0 spiro atoms. The van der Waals surface area contributed by atoms with Crippen molar-refractivity contribution in [2.24, 2.45) is 0 Å². The Hall–Kier alpha value is -2.49. The van der Waals surface area contributed by atoms with E-state index in [1.807, 2.05) is 23.1 Å². The van der Waals surface area contributed by atoms with E-state index in [4.69, 9.17) is 0 Å². The second-order valence-corrected chi connectivity index (χ2v) is 6.77. The number of anilines is 2. The molecule has 0 aromatic heterocycles. The lowest BCUT2D eigenvalue weighted by molar-refractivity contribution is 0.200. The summed E-state index contributed by atoms with van der Waals surface area (Å²) in [5.41, 5.74) is 4.59. The summed E-state index contributed by atoms with van der Waals surface area (Å²) < 4.78 is 0. The molecule has 1 heterocycles. The fraction of sp³-hybridized carbons (Fsp3) is 0.381. The maximum absolute atomic E-state index is 12.7. The van der Waals surface area contributed by atoms with Gasteiger partial charge >= 0.3 is 6.03 Å². The summed E-state index contributed by atoms with van der Waals surface area (Å²) in [6.45, 7) is 8.72. The van der Waals surface area contributed by atoms with Gasteiger partial charge in [0.15, 0.2) is 0 Å². The summed E-state index contributed by atoms with van der Waals surface area (Å²) in [5, 5.41) is 3.08. The number of nitrogens with one attached hydrogen (secondary N) is 1. The molecule has 1 N–H and O–H groups in total. The van der Waals surface area contributed by atoms with Crippen LogP contribution in [0.2, 0.25) is 0 Å². The summed E-state index contributed by atoms with van der Waals surface area (Å²) in [4.78, 5) is 17.0. The molecule has 1 unspecified atom stereocenters. The van der Waals surface area contributed by atoms with Gasteiger partial charge in [-0.2, -0.15) is 0 Å². The van der Waals surface area contributed by atoms with Crippen LogP contribution in [-0.4, -0.2) is 36.6 Å². The zero-order chi connectivity index (χ0) is 17.8. The minimum Gasteiger partial charge on any atom is -0.365 e. The Morgan fingerprint density at radius 3 is 2.68 bits per heavy atom. The SMILES string of the molecule is CCc1ccccc1NC(=O)N1CCN(c2cccc(C)c2)C(C)C1. The molecule has 3 rings (SSSR count). The van der Waals surface area contributed by atoms with Gasteiger partial charge in [0.05, 0.1) is 0 Å². The molecule has 0 radical (unpaired) electrons. The number of piperazine rings is 1. The van der Waals surface area contributed by atoms with Crippen LogP contribution in [0, 0.1) is 6.92 Å². The van der Waals surface area contributed by atoms with Crippen molar-refractivity contribution in [2.45, 2.75) is 33.2 Å². The number of aryl methyl sites for hydroxylation is 2. The van der Waals surface area contributed by atoms with Crippen molar-refractivity contribution in [3.8, 4) is 0 Å². The predicted molar refractivity (Wildman–Crippen MR) is 104 cm³/mol. The third-order valence-corrected chi connectivity index (χ3v) is 4.89. The third kappa shape index (κ3) is 3.95. The first kappa shape index (κ1) is 17.3. The molecule has 2 amide bonds. The van der Waals surface area contributed by atoms with Crippen LogP contribution < -0.4 is 10.2 Å². The highest BCUT2D eigenvalue weighted by molar-refractivity contribution is 5.90. The number of nitrogens with zero attached hydrogens (tertiary/aromatic N) is 2. The number of rotatable bonds is 3. The van der Waals surface area contributed by atoms with E-state index in [1.54, 1.807) is 0 Å². The Balaban J connectivity index is 1.65. The molecule has 2 aromatic rings. The van der Waals surface area contributed by atoms with Gasteiger partial charge in [-0.3, -0.25) is 0 Å². The van der Waals surface area contributed by atoms with E-state index in [-0.39, 0.29) is 6.03 Å². The predicted octanol–water partition coefficient (Wildman–Crippen LogP) is 4.30. The summed E-state index contributed by atoms with van der Waals surface area (Å²) in [5.74, 6) is 0. The van der Waals surface area contributed by atoms with Gasteiger partial charge in [-0.05, 0) is 49.6 Å². The third-order valence-electron chi connectivity index (χ3n) is 4.89. The lowest BCUT2D eigenvalue weighted by Gasteiger charge is -2.41. The first-order chi connectivity index (χ1) is 12.1. The molecule has 0 aliphatic carbocycles. The summed E-state index contributed by atoms with van der Waals surface area (Å²) in [6.07, 6.45) is 0.911. The van der Waals surface area contributed by atoms with E-state index in [1.165, 1.54) is 16.8 Å². The molecule has 0 bridgehead atoms. The van der Waals surface area contributed by atoms with Gasteiger partial charge in [0, 0.05) is 37.1 Å². The van der Waals surface area contributed by atoms with Crippen LogP contribution in [0.1, 0.15) is 25.0 Å². The highest BCUT2D eigenvalue weighted by Crippen LogP contribution is 2.22. The molecule has 4 heteroatoms. The van der Waals surface area contributed by atoms with Gasteiger partial charge in [-0.25, -0.2) is 4.79 Å². The van der Waals surface area contributed by atoms with Crippen molar-refractivity contribution in [3.05, 3.63) is 59.7 Å². The molecule has 0 saturated carbocycles. The fourth-order valence-electron chi connectivity index (χ4n) is 3.48. The number of benzene rings is 2. The van der Waals surface area contributed by atoms with E-state index in [2.05, 4.69) is 61.3 Å². The van der Waals surface area contributed by atoms with Gasteiger partial charge in [0.25, 0.3) is 0 Å². The van der Waals surface area contributed by atoms with Crippen LogP contribution >= 0.6 is 0 Å². The van der Waals surface area contributed by atoms with Crippen LogP contribution in [0.4, 0.5) is 16.2 Å². The van der Waals surface area contributed by atoms with Crippen molar-refractivity contribution in [1.82, 2.24) is 4.90 Å². The van der Waals surface area contributed by atoms with E-state index < -0.39 is 0 Å². The average molecular weight is 337 g/mol. The smallest absolute Gasteiger partial charge is 0.321 e. The Morgan fingerprint density at radius 2 is 1.96 bits per heavy atom. The Labute approximate surface area is 150 Å². The van der Waals surface area contributed by atoms with E-state index >= 15 is 0 Å². The highest BCUT2D eigenvalue weighted by atomic mass is 16.2. The van der Waals surface area contributed by atoms with Crippen LogP contribution in [0.3, 0.4) is 0 Å². The standard InChI is InChI=1S/C21H27N3O/c1-4-18-9-5-6-11-20(18)22-21(25)23-12-13-24(17(3)15-23)19-10-7-8-16(2)14-19/h5-11,14,17H,4,12-13,15H2,1-3H3,(H,22,25). The number of para-hydroxylation sites is 1. The van der Waals surface area contributed by atoms with Gasteiger partial charge in [0.2, 0.25) is 0 Å². The monoisotopic (exact) mass is 337 g/mol. The molecule has 1 aliphatic heterocycles. The second-order valence-electron chi connectivity index (χ2n) is 6.77. The van der Waals surface area contributed by atoms with Gasteiger partial charge in [0.1, 0.15) is 0 Å². The number of amides is 2. The first-order valence-corrected chi connectivity index (χ1v) is 9.05. The topological polar surface area (TPSA) is 35.6 Å². The number of urea groups is 1. The molecule has 1 fully saturated rings. The van der Waals surface area contributed by atoms with E-state index in [9.17, 15) is 4.79 Å². The zero-order valence-corrected chi connectivity index (χ0v) is 15.3. The molecular formula is C21H27N3O. The van der Waals surface area contributed by atoms with Gasteiger partial charge in [-0.1, -0.05) is 37.3 Å². The number of carbonyl (C=O) groups is 1. The van der Waals surface area contributed by atoms with Crippen LogP contribution in [0.15, 0.2) is 48.5 Å². The average Bonchev–Trinajstić information content (AvgIpc) is 2.62. The number of hydrogen-bond donors (Lipinski definition) is 1. The number of carbonyl (C=O) groups excluding carboxylic acids is 1. The maximum Gasteiger partial charge on any atom is 0.321 e. The summed E-state index contributed by atoms with van der Waals surface area (Å²) in [6, 6.07) is 16.9. The lowest BCUT2D eigenvalue weighted by atomic mass is 10.1. The van der Waals surface area contributed by atoms with Crippen molar-refractivity contribution in [1.29, 1.82) is 0 Å². The van der Waals surface area contributed by atoms with Gasteiger partial charge < -0.3 is 15.1 Å². The highest BCUT2D eigenvalue weighted by Gasteiger charge is 2.27. The minimum atomic E-state index is -0.00311. The molecule has 132 valence electrons. The largest absolute Gasteiger partial charge is 0.365 e. The van der Waals surface area contributed by atoms with Crippen molar-refractivity contribution in [3.63, 3.8) is 0 Å². The molecule has 1 atom stereocenters. The quantitative estimate of drug-likeness (QED) is 0.906. The molecule has 2 aromatic carbocycles. The second kappa shape index (κ2) is 7.60. The Bertz CT molecular complexity index is 743. The van der Waals surface area contributed by atoms with Crippen molar-refractivity contribution >= 4 is 17.4 Å². The summed E-state index contributed by atoms with van der Waals surface area (Å²) in [7, 11) is 0. The van der Waals surface area contributed by atoms with Crippen molar-refractivity contribution in [2.75, 3.05) is 29.9 Å². The first-order valence-electron chi connectivity index (χ1n) is 9.05. The number of hydrogen-bond acceptors (Lipinski definition) is 2. The van der Waals surface area contributed by atoms with Crippen molar-refractivity contribution < 1.29 is 4.79 Å². The van der Waals surface area contributed by atoms with E-state index in [0.717, 1.165) is 31.7 Å².